The van der Waals surface area contributed by atoms with Gasteiger partial charge < -0.3 is 5.32 Å². The fraction of sp³-hybridized carbons (Fsp3) is 0.333. The van der Waals surface area contributed by atoms with Crippen LogP contribution in [-0.2, 0) is 11.3 Å². The molecule has 6 nitrogen and oxygen atoms in total. The molecule has 0 saturated carbocycles. The Balaban J connectivity index is 2.41. The Kier molecular flexibility index (Phi) is 5.27. The van der Waals surface area contributed by atoms with E-state index in [0.29, 0.717) is 18.2 Å². The monoisotopic (exact) mass is 239 g/mol. The Morgan fingerprint density at radius 1 is 1.50 bits per heavy atom. The van der Waals surface area contributed by atoms with Gasteiger partial charge in [-0.2, -0.15) is 0 Å². The fourth-order valence-corrected chi connectivity index (χ4v) is 1.62. The lowest BCUT2D eigenvalue weighted by atomic mass is 10.6. The topological polar surface area (TPSA) is 72.7 Å². The first-order chi connectivity index (χ1) is 7.77. The maximum Gasteiger partial charge on any atom is 0.230 e. The molecule has 1 N–H and O–H groups in total. The summed E-state index contributed by atoms with van der Waals surface area (Å²) in [5.74, 6) is 0.212. The van der Waals surface area contributed by atoms with Crippen molar-refractivity contribution in [3.8, 4) is 0 Å². The van der Waals surface area contributed by atoms with Crippen LogP contribution in [0.1, 0.15) is 0 Å². The third-order valence-electron chi connectivity index (χ3n) is 1.58. The van der Waals surface area contributed by atoms with E-state index in [9.17, 15) is 4.79 Å². The van der Waals surface area contributed by atoms with E-state index in [4.69, 9.17) is 0 Å². The molecule has 0 atom stereocenters. The molecule has 0 fully saturated rings. The fourth-order valence-electron chi connectivity index (χ4n) is 0.904. The molecular formula is C9H13N5OS. The standard InChI is InChI=1S/C9H13N5OS/c1-3-5-10-8(15)7-16-9-11-12-13-14(9)6-4-2/h3-4H,1-2,5-7H2,(H,10,15). The number of allylic oxidation sites excluding steroid dienone is 1. The van der Waals surface area contributed by atoms with Crippen LogP contribution in [0.25, 0.3) is 0 Å². The van der Waals surface area contributed by atoms with Gasteiger partial charge in [0.1, 0.15) is 0 Å². The molecule has 1 aromatic heterocycles. The number of hydrogen-bond donors (Lipinski definition) is 1. The summed E-state index contributed by atoms with van der Waals surface area (Å²) in [6.45, 7) is 8.11. The van der Waals surface area contributed by atoms with Crippen molar-refractivity contribution in [3.63, 3.8) is 0 Å². The van der Waals surface area contributed by atoms with Crippen LogP contribution in [-0.4, -0.2) is 38.4 Å². The average Bonchev–Trinajstić information content (AvgIpc) is 2.72. The van der Waals surface area contributed by atoms with Crippen molar-refractivity contribution < 1.29 is 4.79 Å². The second-order valence-electron chi connectivity index (χ2n) is 2.81. The van der Waals surface area contributed by atoms with Crippen molar-refractivity contribution in [2.75, 3.05) is 12.3 Å². The van der Waals surface area contributed by atoms with E-state index in [1.807, 2.05) is 0 Å². The Morgan fingerprint density at radius 3 is 3.00 bits per heavy atom. The SMILES string of the molecule is C=CCNC(=O)CSc1nnnn1CC=C. The highest BCUT2D eigenvalue weighted by molar-refractivity contribution is 7.99. The maximum absolute atomic E-state index is 11.3. The maximum atomic E-state index is 11.3. The molecule has 1 heterocycles. The highest BCUT2D eigenvalue weighted by Gasteiger charge is 2.08. The smallest absolute Gasteiger partial charge is 0.230 e. The Morgan fingerprint density at radius 2 is 2.31 bits per heavy atom. The minimum atomic E-state index is -0.0712. The van der Waals surface area contributed by atoms with Crippen LogP contribution in [0.4, 0.5) is 0 Å². The van der Waals surface area contributed by atoms with Gasteiger partial charge in [0.15, 0.2) is 0 Å². The van der Waals surface area contributed by atoms with Crippen LogP contribution in [0.3, 0.4) is 0 Å². The molecule has 1 aromatic rings. The van der Waals surface area contributed by atoms with Crippen LogP contribution in [0.15, 0.2) is 30.5 Å². The summed E-state index contributed by atoms with van der Waals surface area (Å²) in [6, 6.07) is 0. The zero-order valence-electron chi connectivity index (χ0n) is 8.80. The molecule has 0 unspecified atom stereocenters. The lowest BCUT2D eigenvalue weighted by molar-refractivity contribution is -0.118. The van der Waals surface area contributed by atoms with Gasteiger partial charge in [-0.25, -0.2) is 4.68 Å². The zero-order valence-corrected chi connectivity index (χ0v) is 9.61. The molecule has 86 valence electrons. The van der Waals surface area contributed by atoms with Crippen molar-refractivity contribution >= 4 is 17.7 Å². The van der Waals surface area contributed by atoms with E-state index >= 15 is 0 Å². The molecule has 0 spiro atoms. The van der Waals surface area contributed by atoms with Crippen LogP contribution < -0.4 is 5.32 Å². The summed E-state index contributed by atoms with van der Waals surface area (Å²) >= 11 is 1.28. The number of carbonyl (C=O) groups excluding carboxylic acids is 1. The molecule has 0 bridgehead atoms. The second-order valence-corrected chi connectivity index (χ2v) is 3.76. The van der Waals surface area contributed by atoms with E-state index in [1.165, 1.54) is 11.8 Å². The van der Waals surface area contributed by atoms with E-state index in [0.717, 1.165) is 0 Å². The van der Waals surface area contributed by atoms with Gasteiger partial charge in [-0.05, 0) is 10.4 Å². The van der Waals surface area contributed by atoms with E-state index in [1.54, 1.807) is 16.8 Å². The molecule has 16 heavy (non-hydrogen) atoms. The number of thioether (sulfide) groups is 1. The van der Waals surface area contributed by atoms with E-state index in [-0.39, 0.29) is 11.7 Å². The van der Waals surface area contributed by atoms with Crippen molar-refractivity contribution in [3.05, 3.63) is 25.3 Å². The Labute approximate surface area is 97.8 Å². The summed E-state index contributed by atoms with van der Waals surface area (Å²) < 4.78 is 1.58. The summed E-state index contributed by atoms with van der Waals surface area (Å²) in [5, 5.41) is 14.4. The van der Waals surface area contributed by atoms with E-state index in [2.05, 4.69) is 34.0 Å². The van der Waals surface area contributed by atoms with Gasteiger partial charge in [-0.15, -0.1) is 18.3 Å². The molecule has 0 aliphatic rings. The lowest BCUT2D eigenvalue weighted by Crippen LogP contribution is -2.25. The molecule has 1 amide bonds. The number of amides is 1. The number of nitrogens with one attached hydrogen (secondary N) is 1. The highest BCUT2D eigenvalue weighted by atomic mass is 32.2. The van der Waals surface area contributed by atoms with Crippen molar-refractivity contribution in [1.29, 1.82) is 0 Å². The first kappa shape index (κ1) is 12.4. The number of tetrazole rings is 1. The van der Waals surface area contributed by atoms with Crippen LogP contribution in [0, 0.1) is 0 Å². The van der Waals surface area contributed by atoms with Gasteiger partial charge in [0.05, 0.1) is 12.3 Å². The van der Waals surface area contributed by atoms with Gasteiger partial charge in [0.2, 0.25) is 11.1 Å². The van der Waals surface area contributed by atoms with Gasteiger partial charge in [-0.1, -0.05) is 23.9 Å². The van der Waals surface area contributed by atoms with Gasteiger partial charge >= 0.3 is 0 Å². The number of aromatic nitrogens is 4. The normalized spacial score (nSPS) is 9.75. The van der Waals surface area contributed by atoms with Crippen molar-refractivity contribution in [2.45, 2.75) is 11.7 Å². The molecule has 7 heteroatoms. The summed E-state index contributed by atoms with van der Waals surface area (Å²) in [5.41, 5.74) is 0. The van der Waals surface area contributed by atoms with E-state index < -0.39 is 0 Å². The number of carbonyl (C=O) groups is 1. The largest absolute Gasteiger partial charge is 0.352 e. The van der Waals surface area contributed by atoms with Gasteiger partial charge in [0.25, 0.3) is 0 Å². The molecule has 0 aliphatic carbocycles. The summed E-state index contributed by atoms with van der Waals surface area (Å²) in [7, 11) is 0. The predicted molar refractivity (Wildman–Crippen MR) is 61.9 cm³/mol. The summed E-state index contributed by atoms with van der Waals surface area (Å²) in [4.78, 5) is 11.3. The molecule has 0 radical (unpaired) electrons. The molecule has 0 aliphatic heterocycles. The third-order valence-corrected chi connectivity index (χ3v) is 2.53. The first-order valence-corrected chi connectivity index (χ1v) is 5.64. The Hall–Kier alpha value is -1.63. The minimum Gasteiger partial charge on any atom is -0.352 e. The lowest BCUT2D eigenvalue weighted by Gasteiger charge is -2.01. The molecule has 0 aromatic carbocycles. The predicted octanol–water partition coefficient (Wildman–Crippen LogP) is 0.253. The van der Waals surface area contributed by atoms with Gasteiger partial charge in [0, 0.05) is 6.54 Å². The zero-order chi connectivity index (χ0) is 11.8. The third kappa shape index (κ3) is 3.85. The van der Waals surface area contributed by atoms with Crippen LogP contribution in [0.2, 0.25) is 0 Å². The molecular weight excluding hydrogens is 226 g/mol. The van der Waals surface area contributed by atoms with Crippen LogP contribution >= 0.6 is 11.8 Å². The first-order valence-electron chi connectivity index (χ1n) is 4.65. The van der Waals surface area contributed by atoms with Crippen LogP contribution in [0.5, 0.6) is 0 Å². The highest BCUT2D eigenvalue weighted by Crippen LogP contribution is 2.12. The molecule has 1 rings (SSSR count). The molecule has 0 saturated heterocycles. The number of hydrogen-bond acceptors (Lipinski definition) is 5. The summed E-state index contributed by atoms with van der Waals surface area (Å²) in [6.07, 6.45) is 3.32. The number of rotatable bonds is 7. The van der Waals surface area contributed by atoms with Gasteiger partial charge in [-0.3, -0.25) is 4.79 Å². The van der Waals surface area contributed by atoms with Crippen molar-refractivity contribution in [1.82, 2.24) is 25.5 Å². The average molecular weight is 239 g/mol. The Bertz CT molecular complexity index is 376. The van der Waals surface area contributed by atoms with Crippen molar-refractivity contribution in [2.24, 2.45) is 0 Å². The second kappa shape index (κ2) is 6.78. The minimum absolute atomic E-state index is 0.0712. The quantitative estimate of drug-likeness (QED) is 0.545. The number of nitrogens with zero attached hydrogens (tertiary/aromatic N) is 4.